The molecule has 1 aromatic carbocycles. The van der Waals surface area contributed by atoms with Gasteiger partial charge in [0.1, 0.15) is 12.4 Å². The zero-order chi connectivity index (χ0) is 15.1. The maximum Gasteiger partial charge on any atom is 0.229 e. The minimum Gasteiger partial charge on any atom is -0.491 e. The first-order valence-corrected chi connectivity index (χ1v) is 7.76. The van der Waals surface area contributed by atoms with Gasteiger partial charge in [0, 0.05) is 5.56 Å². The SMILES string of the molecule is C[C@@H]1Cc2cn[nH]c2[C@@H](C(=O)N[C@H]2COc3ccccc32)C1. The molecule has 2 aliphatic rings. The predicted octanol–water partition coefficient (Wildman–Crippen LogP) is 2.33. The van der Waals surface area contributed by atoms with Gasteiger partial charge in [-0.05, 0) is 30.4 Å². The van der Waals surface area contributed by atoms with Crippen molar-refractivity contribution in [2.75, 3.05) is 6.61 Å². The van der Waals surface area contributed by atoms with Crippen LogP contribution in [0.2, 0.25) is 0 Å². The molecule has 1 aliphatic heterocycles. The maximum atomic E-state index is 12.8. The van der Waals surface area contributed by atoms with Gasteiger partial charge in [-0.3, -0.25) is 9.89 Å². The Balaban J connectivity index is 1.55. The molecule has 114 valence electrons. The first kappa shape index (κ1) is 13.4. The molecule has 1 amide bonds. The molecule has 2 N–H and O–H groups in total. The van der Waals surface area contributed by atoms with Gasteiger partial charge in [-0.1, -0.05) is 25.1 Å². The summed E-state index contributed by atoms with van der Waals surface area (Å²) in [6.45, 7) is 2.69. The summed E-state index contributed by atoms with van der Waals surface area (Å²) in [7, 11) is 0. The molecule has 22 heavy (non-hydrogen) atoms. The lowest BCUT2D eigenvalue weighted by atomic mass is 9.81. The Morgan fingerprint density at radius 1 is 1.41 bits per heavy atom. The molecule has 0 radical (unpaired) electrons. The van der Waals surface area contributed by atoms with Crippen LogP contribution in [0.1, 0.15) is 42.1 Å². The molecule has 0 bridgehead atoms. The van der Waals surface area contributed by atoms with E-state index < -0.39 is 0 Å². The molecule has 0 fully saturated rings. The Hall–Kier alpha value is -2.30. The van der Waals surface area contributed by atoms with Crippen molar-refractivity contribution in [1.29, 1.82) is 0 Å². The van der Waals surface area contributed by atoms with Crippen molar-refractivity contribution in [1.82, 2.24) is 15.5 Å². The number of ether oxygens (including phenoxy) is 1. The lowest BCUT2D eigenvalue weighted by molar-refractivity contribution is -0.124. The van der Waals surface area contributed by atoms with E-state index in [4.69, 9.17) is 4.74 Å². The van der Waals surface area contributed by atoms with Crippen molar-refractivity contribution in [3.63, 3.8) is 0 Å². The van der Waals surface area contributed by atoms with E-state index in [1.165, 1.54) is 5.56 Å². The van der Waals surface area contributed by atoms with E-state index in [1.54, 1.807) is 0 Å². The summed E-state index contributed by atoms with van der Waals surface area (Å²) in [5.41, 5.74) is 3.20. The molecule has 0 saturated carbocycles. The Morgan fingerprint density at radius 3 is 3.18 bits per heavy atom. The Morgan fingerprint density at radius 2 is 2.27 bits per heavy atom. The van der Waals surface area contributed by atoms with Gasteiger partial charge in [-0.25, -0.2) is 0 Å². The molecular formula is C17H19N3O2. The number of hydrogen-bond acceptors (Lipinski definition) is 3. The van der Waals surface area contributed by atoms with Gasteiger partial charge in [-0.2, -0.15) is 5.10 Å². The predicted molar refractivity (Wildman–Crippen MR) is 81.6 cm³/mol. The smallest absolute Gasteiger partial charge is 0.229 e. The second kappa shape index (κ2) is 5.16. The van der Waals surface area contributed by atoms with Gasteiger partial charge in [0.15, 0.2) is 0 Å². The number of amides is 1. The number of nitrogens with zero attached hydrogens (tertiary/aromatic N) is 1. The molecule has 0 spiro atoms. The topological polar surface area (TPSA) is 67.0 Å². The molecule has 0 unspecified atom stereocenters. The summed E-state index contributed by atoms with van der Waals surface area (Å²) < 4.78 is 5.64. The summed E-state index contributed by atoms with van der Waals surface area (Å²) in [6, 6.07) is 7.81. The summed E-state index contributed by atoms with van der Waals surface area (Å²) in [4.78, 5) is 12.8. The van der Waals surface area contributed by atoms with Crippen LogP contribution in [0.4, 0.5) is 0 Å². The van der Waals surface area contributed by atoms with E-state index in [2.05, 4.69) is 22.4 Å². The summed E-state index contributed by atoms with van der Waals surface area (Å²) >= 11 is 0. The average Bonchev–Trinajstić information content (AvgIpc) is 3.13. The second-order valence-corrected chi connectivity index (χ2v) is 6.32. The molecule has 0 saturated heterocycles. The lowest BCUT2D eigenvalue weighted by Crippen LogP contribution is -2.36. The highest BCUT2D eigenvalue weighted by atomic mass is 16.5. The standard InChI is InChI=1S/C17H19N3O2/c1-10-6-11-8-18-20-16(11)13(7-10)17(21)19-14-9-22-15-5-3-2-4-12(14)15/h2-5,8,10,13-14H,6-7,9H2,1H3,(H,18,20)(H,19,21)/t10-,13+,14+/m1/s1. The van der Waals surface area contributed by atoms with Gasteiger partial charge >= 0.3 is 0 Å². The fourth-order valence-corrected chi connectivity index (χ4v) is 3.56. The van der Waals surface area contributed by atoms with Crippen LogP contribution in [0.5, 0.6) is 5.75 Å². The number of nitrogens with one attached hydrogen (secondary N) is 2. The molecule has 5 nitrogen and oxygen atoms in total. The molecule has 4 rings (SSSR count). The van der Waals surface area contributed by atoms with E-state index in [1.807, 2.05) is 30.5 Å². The van der Waals surface area contributed by atoms with Crippen molar-refractivity contribution in [2.24, 2.45) is 5.92 Å². The van der Waals surface area contributed by atoms with Crippen LogP contribution in [0.25, 0.3) is 0 Å². The van der Waals surface area contributed by atoms with Crippen LogP contribution in [0.15, 0.2) is 30.5 Å². The number of H-pyrrole nitrogens is 1. The zero-order valence-corrected chi connectivity index (χ0v) is 12.5. The molecule has 1 aliphatic carbocycles. The monoisotopic (exact) mass is 297 g/mol. The largest absolute Gasteiger partial charge is 0.491 e. The van der Waals surface area contributed by atoms with E-state index in [0.29, 0.717) is 12.5 Å². The Bertz CT molecular complexity index is 709. The quantitative estimate of drug-likeness (QED) is 0.894. The highest BCUT2D eigenvalue weighted by Gasteiger charge is 2.34. The number of hydrogen-bond donors (Lipinski definition) is 2. The fraction of sp³-hybridized carbons (Fsp3) is 0.412. The number of para-hydroxylation sites is 1. The van der Waals surface area contributed by atoms with Gasteiger partial charge in [0.2, 0.25) is 5.91 Å². The molecule has 2 aromatic rings. The van der Waals surface area contributed by atoms with Crippen LogP contribution < -0.4 is 10.1 Å². The van der Waals surface area contributed by atoms with Crippen LogP contribution in [-0.2, 0) is 11.2 Å². The number of carbonyl (C=O) groups is 1. The molecular weight excluding hydrogens is 278 g/mol. The van der Waals surface area contributed by atoms with Crippen LogP contribution >= 0.6 is 0 Å². The molecule has 3 atom stereocenters. The van der Waals surface area contributed by atoms with Gasteiger partial charge in [-0.15, -0.1) is 0 Å². The average molecular weight is 297 g/mol. The van der Waals surface area contributed by atoms with Gasteiger partial charge in [0.25, 0.3) is 0 Å². The third-order valence-electron chi connectivity index (χ3n) is 4.64. The van der Waals surface area contributed by atoms with E-state index in [0.717, 1.165) is 29.8 Å². The molecule has 1 aromatic heterocycles. The molecule has 2 heterocycles. The maximum absolute atomic E-state index is 12.8. The third-order valence-corrected chi connectivity index (χ3v) is 4.64. The highest BCUT2D eigenvalue weighted by molar-refractivity contribution is 5.84. The Kier molecular flexibility index (Phi) is 3.13. The lowest BCUT2D eigenvalue weighted by Gasteiger charge is -2.26. The summed E-state index contributed by atoms with van der Waals surface area (Å²) in [6.07, 6.45) is 3.69. The third kappa shape index (κ3) is 2.17. The minimum absolute atomic E-state index is 0.0577. The van der Waals surface area contributed by atoms with Crippen molar-refractivity contribution >= 4 is 5.91 Å². The number of benzene rings is 1. The van der Waals surface area contributed by atoms with Crippen molar-refractivity contribution in [3.05, 3.63) is 47.3 Å². The number of fused-ring (bicyclic) bond motifs is 2. The van der Waals surface area contributed by atoms with E-state index in [-0.39, 0.29) is 17.9 Å². The number of carbonyl (C=O) groups excluding carboxylic acids is 1. The van der Waals surface area contributed by atoms with Gasteiger partial charge in [0.05, 0.1) is 23.9 Å². The highest BCUT2D eigenvalue weighted by Crippen LogP contribution is 2.36. The first-order chi connectivity index (χ1) is 10.7. The van der Waals surface area contributed by atoms with Crippen LogP contribution in [0, 0.1) is 5.92 Å². The summed E-state index contributed by atoms with van der Waals surface area (Å²) in [5, 5.41) is 10.3. The first-order valence-electron chi connectivity index (χ1n) is 7.76. The number of aromatic nitrogens is 2. The van der Waals surface area contributed by atoms with Crippen LogP contribution in [-0.4, -0.2) is 22.7 Å². The van der Waals surface area contributed by atoms with Gasteiger partial charge < -0.3 is 10.1 Å². The minimum atomic E-state index is -0.144. The number of aromatic amines is 1. The normalized spacial score (nSPS) is 26.0. The Labute approximate surface area is 129 Å². The zero-order valence-electron chi connectivity index (χ0n) is 12.5. The fourth-order valence-electron chi connectivity index (χ4n) is 3.56. The van der Waals surface area contributed by atoms with E-state index in [9.17, 15) is 4.79 Å². The second-order valence-electron chi connectivity index (χ2n) is 6.32. The van der Waals surface area contributed by atoms with Crippen molar-refractivity contribution in [2.45, 2.75) is 31.7 Å². The summed E-state index contributed by atoms with van der Waals surface area (Å²) in [5.74, 6) is 1.27. The van der Waals surface area contributed by atoms with E-state index >= 15 is 0 Å². The number of rotatable bonds is 2. The van der Waals surface area contributed by atoms with Crippen LogP contribution in [0.3, 0.4) is 0 Å². The van der Waals surface area contributed by atoms with Crippen molar-refractivity contribution < 1.29 is 9.53 Å². The van der Waals surface area contributed by atoms with Crippen molar-refractivity contribution in [3.8, 4) is 5.75 Å². The molecule has 5 heteroatoms.